The molecule has 0 saturated carbocycles. The fourth-order valence-corrected chi connectivity index (χ4v) is 9.67. The first-order valence-corrected chi connectivity index (χ1v) is 8.97. The van der Waals surface area contributed by atoms with Crippen LogP contribution in [0.15, 0.2) is 15.3 Å². The Balaban J connectivity index is 3.33. The molecule has 0 N–H and O–H groups in total. The molecule has 0 fully saturated rings. The van der Waals surface area contributed by atoms with Crippen molar-refractivity contribution in [2.45, 2.75) is 58.2 Å². The number of nitrogens with zero attached hydrogens (tertiary/aromatic N) is 1. The smallest absolute Gasteiger partial charge is 0.168 e. The van der Waals surface area contributed by atoms with Crippen molar-refractivity contribution < 1.29 is 4.42 Å². The second-order valence-electron chi connectivity index (χ2n) is 5.37. The molecular formula is C12H22BrNOSi. The van der Waals surface area contributed by atoms with Crippen LogP contribution in [0.1, 0.15) is 41.5 Å². The number of rotatable bonds is 4. The molecule has 0 aromatic carbocycles. The summed E-state index contributed by atoms with van der Waals surface area (Å²) in [5.41, 5.74) is 2.91. The zero-order valence-electron chi connectivity index (χ0n) is 11.0. The highest BCUT2D eigenvalue weighted by Gasteiger charge is 2.48. The van der Waals surface area contributed by atoms with Gasteiger partial charge in [0.15, 0.2) is 13.6 Å². The van der Waals surface area contributed by atoms with Crippen LogP contribution in [0.5, 0.6) is 0 Å². The summed E-state index contributed by atoms with van der Waals surface area (Å²) in [6.07, 6.45) is 1.71. The summed E-state index contributed by atoms with van der Waals surface area (Å²) in [5, 5.41) is 0. The molecule has 0 unspecified atom stereocenters. The van der Waals surface area contributed by atoms with Crippen LogP contribution in [0.4, 0.5) is 0 Å². The van der Waals surface area contributed by atoms with Crippen molar-refractivity contribution in [1.29, 1.82) is 0 Å². The third-order valence-corrected chi connectivity index (χ3v) is 10.8. The Morgan fingerprint density at radius 2 is 1.50 bits per heavy atom. The summed E-state index contributed by atoms with van der Waals surface area (Å²) in [6.45, 7) is 13.9. The molecule has 0 spiro atoms. The highest BCUT2D eigenvalue weighted by atomic mass is 79.9. The molecule has 0 saturated heterocycles. The minimum absolute atomic E-state index is 0.637. The third-order valence-electron chi connectivity index (χ3n) is 3.71. The highest BCUT2D eigenvalue weighted by molar-refractivity contribution is 9.10. The van der Waals surface area contributed by atoms with E-state index in [1.165, 1.54) is 0 Å². The summed E-state index contributed by atoms with van der Waals surface area (Å²) >= 11 is 3.39. The van der Waals surface area contributed by atoms with Gasteiger partial charge in [-0.1, -0.05) is 41.5 Å². The monoisotopic (exact) mass is 303 g/mol. The van der Waals surface area contributed by atoms with Gasteiger partial charge < -0.3 is 4.42 Å². The largest absolute Gasteiger partial charge is 0.453 e. The molecule has 1 aromatic rings. The van der Waals surface area contributed by atoms with Crippen LogP contribution in [0.3, 0.4) is 0 Å². The topological polar surface area (TPSA) is 26.0 Å². The van der Waals surface area contributed by atoms with Crippen LogP contribution in [0.25, 0.3) is 0 Å². The Morgan fingerprint density at radius 1 is 1.06 bits per heavy atom. The minimum atomic E-state index is -1.69. The van der Waals surface area contributed by atoms with Crippen LogP contribution < -0.4 is 5.51 Å². The summed E-state index contributed by atoms with van der Waals surface area (Å²) in [5.74, 6) is 0. The second kappa shape index (κ2) is 5.04. The average Bonchev–Trinajstić information content (AvgIpc) is 2.50. The third kappa shape index (κ3) is 2.14. The molecule has 92 valence electrons. The van der Waals surface area contributed by atoms with E-state index >= 15 is 0 Å². The van der Waals surface area contributed by atoms with Crippen LogP contribution in [0, 0.1) is 0 Å². The Labute approximate surface area is 108 Å². The van der Waals surface area contributed by atoms with E-state index in [1.807, 2.05) is 0 Å². The molecule has 1 heterocycles. The van der Waals surface area contributed by atoms with Crippen LogP contribution >= 0.6 is 15.9 Å². The molecule has 4 heteroatoms. The molecule has 0 aliphatic rings. The average molecular weight is 304 g/mol. The van der Waals surface area contributed by atoms with E-state index in [4.69, 9.17) is 4.42 Å². The predicted molar refractivity (Wildman–Crippen MR) is 74.9 cm³/mol. The molecule has 1 rings (SSSR count). The lowest BCUT2D eigenvalue weighted by Crippen LogP contribution is -2.56. The maximum Gasteiger partial charge on any atom is 0.168 e. The summed E-state index contributed by atoms with van der Waals surface area (Å²) in [4.78, 5) is 4.56. The standard InChI is InChI=1S/C12H22BrNOSi/c1-8(2)16(9(3)4,10(5)6)12-14-11(13)7-15-12/h7-10H,1-6H3. The lowest BCUT2D eigenvalue weighted by molar-refractivity contribution is 0.579. The van der Waals surface area contributed by atoms with E-state index in [-0.39, 0.29) is 0 Å². The molecule has 0 bridgehead atoms. The quantitative estimate of drug-likeness (QED) is 0.774. The minimum Gasteiger partial charge on any atom is -0.453 e. The highest BCUT2D eigenvalue weighted by Crippen LogP contribution is 2.40. The van der Waals surface area contributed by atoms with Gasteiger partial charge in [-0.3, -0.25) is 0 Å². The first-order valence-electron chi connectivity index (χ1n) is 5.94. The van der Waals surface area contributed by atoms with Gasteiger partial charge >= 0.3 is 0 Å². The summed E-state index contributed by atoms with van der Waals surface area (Å²) in [6, 6.07) is 0. The Morgan fingerprint density at radius 3 is 1.75 bits per heavy atom. The lowest BCUT2D eigenvalue weighted by Gasteiger charge is -2.39. The number of aromatic nitrogens is 1. The van der Waals surface area contributed by atoms with Crippen molar-refractivity contribution in [3.8, 4) is 0 Å². The Kier molecular flexibility index (Phi) is 4.40. The fraction of sp³-hybridized carbons (Fsp3) is 0.750. The molecule has 1 aromatic heterocycles. The van der Waals surface area contributed by atoms with Gasteiger partial charge in [0.2, 0.25) is 0 Å². The first-order chi connectivity index (χ1) is 7.33. The van der Waals surface area contributed by atoms with E-state index in [0.717, 1.165) is 10.1 Å². The van der Waals surface area contributed by atoms with Crippen molar-refractivity contribution in [3.63, 3.8) is 0 Å². The first kappa shape index (κ1) is 14.0. The van der Waals surface area contributed by atoms with Gasteiger partial charge in [-0.15, -0.1) is 0 Å². The maximum absolute atomic E-state index is 5.72. The normalized spacial score (nSPS) is 13.1. The number of oxazole rings is 1. The molecule has 0 aliphatic carbocycles. The molecule has 0 aliphatic heterocycles. The second-order valence-corrected chi connectivity index (χ2v) is 11.9. The van der Waals surface area contributed by atoms with Crippen molar-refractivity contribution in [3.05, 3.63) is 10.9 Å². The summed E-state index contributed by atoms with van der Waals surface area (Å²) in [7, 11) is -1.69. The molecule has 0 amide bonds. The van der Waals surface area contributed by atoms with E-state index in [2.05, 4.69) is 62.5 Å². The van der Waals surface area contributed by atoms with Gasteiger partial charge in [-0.2, -0.15) is 0 Å². The van der Waals surface area contributed by atoms with Crippen molar-refractivity contribution in [1.82, 2.24) is 4.98 Å². The van der Waals surface area contributed by atoms with E-state index in [1.54, 1.807) is 6.26 Å². The van der Waals surface area contributed by atoms with Crippen molar-refractivity contribution >= 4 is 29.5 Å². The van der Waals surface area contributed by atoms with E-state index in [9.17, 15) is 0 Å². The Bertz CT molecular complexity index is 325. The van der Waals surface area contributed by atoms with Gasteiger partial charge in [0.25, 0.3) is 0 Å². The molecule has 0 radical (unpaired) electrons. The zero-order chi connectivity index (χ0) is 12.5. The van der Waals surface area contributed by atoms with Gasteiger partial charge in [0.05, 0.1) is 0 Å². The van der Waals surface area contributed by atoms with E-state index in [0.29, 0.717) is 16.6 Å². The van der Waals surface area contributed by atoms with Gasteiger partial charge in [0, 0.05) is 0 Å². The molecule has 2 nitrogen and oxygen atoms in total. The van der Waals surface area contributed by atoms with Crippen LogP contribution in [-0.2, 0) is 0 Å². The van der Waals surface area contributed by atoms with Gasteiger partial charge in [-0.05, 0) is 32.6 Å². The van der Waals surface area contributed by atoms with E-state index < -0.39 is 8.07 Å². The van der Waals surface area contributed by atoms with Gasteiger partial charge in [0.1, 0.15) is 10.9 Å². The van der Waals surface area contributed by atoms with Crippen LogP contribution in [0.2, 0.25) is 16.6 Å². The van der Waals surface area contributed by atoms with Gasteiger partial charge in [-0.25, -0.2) is 4.98 Å². The van der Waals surface area contributed by atoms with Crippen LogP contribution in [-0.4, -0.2) is 13.1 Å². The molecule has 16 heavy (non-hydrogen) atoms. The lowest BCUT2D eigenvalue weighted by atomic mass is 10.5. The summed E-state index contributed by atoms with van der Waals surface area (Å²) < 4.78 is 6.54. The predicted octanol–water partition coefficient (Wildman–Crippen LogP) is 4.32. The van der Waals surface area contributed by atoms with Crippen molar-refractivity contribution in [2.75, 3.05) is 0 Å². The Hall–Kier alpha value is -0.0931. The fourth-order valence-electron chi connectivity index (χ4n) is 3.19. The molecular weight excluding hydrogens is 282 g/mol. The maximum atomic E-state index is 5.72. The SMILES string of the molecule is CC(C)[Si](c1nc(Br)co1)(C(C)C)C(C)C. The number of halogens is 1. The van der Waals surface area contributed by atoms with Crippen molar-refractivity contribution in [2.24, 2.45) is 0 Å². The molecule has 0 atom stereocenters. The number of hydrogen-bond acceptors (Lipinski definition) is 2. The zero-order valence-corrected chi connectivity index (χ0v) is 13.6. The number of hydrogen-bond donors (Lipinski definition) is 0.